The summed E-state index contributed by atoms with van der Waals surface area (Å²) < 4.78 is 5.09. The third-order valence-electron chi connectivity index (χ3n) is 3.16. The van der Waals surface area contributed by atoms with Crippen molar-refractivity contribution in [2.24, 2.45) is 0 Å². The highest BCUT2D eigenvalue weighted by Crippen LogP contribution is 2.25. The fourth-order valence-electron chi connectivity index (χ4n) is 2.09. The zero-order chi connectivity index (χ0) is 13.7. The van der Waals surface area contributed by atoms with Crippen molar-refractivity contribution in [2.75, 3.05) is 38.2 Å². The van der Waals surface area contributed by atoms with E-state index >= 15 is 0 Å². The smallest absolute Gasteiger partial charge is 0.176 e. The molecule has 1 aliphatic heterocycles. The average molecular weight is 300 g/mol. The summed E-state index contributed by atoms with van der Waals surface area (Å²) in [5.74, 6) is 3.02. The van der Waals surface area contributed by atoms with Crippen molar-refractivity contribution in [3.8, 4) is 5.75 Å². The third-order valence-corrected chi connectivity index (χ3v) is 4.50. The number of carbonyl (C=O) groups is 1. The maximum atomic E-state index is 12.2. The van der Waals surface area contributed by atoms with E-state index < -0.39 is 0 Å². The molecule has 1 saturated heterocycles. The topological polar surface area (TPSA) is 29.5 Å². The molecular weight excluding hydrogens is 282 g/mol. The number of methoxy groups -OCH3 is 1. The Hall–Kier alpha value is -0.710. The van der Waals surface area contributed by atoms with E-state index in [4.69, 9.17) is 16.3 Å². The van der Waals surface area contributed by atoms with E-state index in [1.807, 2.05) is 11.8 Å². The highest BCUT2D eigenvalue weighted by atomic mass is 35.5. The minimum absolute atomic E-state index is 0.122. The van der Waals surface area contributed by atoms with Crippen LogP contribution in [0, 0.1) is 0 Å². The Balaban J connectivity index is 2.00. The Morgan fingerprint density at radius 2 is 2.26 bits per heavy atom. The van der Waals surface area contributed by atoms with Gasteiger partial charge in [0.1, 0.15) is 5.75 Å². The standard InChI is InChI=1S/C14H18ClNO2S/c1-18-14-4-3-11(9-12(14)15)13(17)10-16-5-2-7-19-8-6-16/h3-4,9H,2,5-8,10H2,1H3. The second-order valence-electron chi connectivity index (χ2n) is 4.51. The second kappa shape index (κ2) is 7.17. The number of thioether (sulfide) groups is 1. The molecule has 0 bridgehead atoms. The summed E-state index contributed by atoms with van der Waals surface area (Å²) in [5.41, 5.74) is 0.655. The number of halogens is 1. The minimum Gasteiger partial charge on any atom is -0.495 e. The van der Waals surface area contributed by atoms with Gasteiger partial charge in [0, 0.05) is 17.9 Å². The summed E-state index contributed by atoms with van der Waals surface area (Å²) in [6.45, 7) is 2.46. The Labute approximate surface area is 123 Å². The summed E-state index contributed by atoms with van der Waals surface area (Å²) in [6, 6.07) is 5.21. The van der Waals surface area contributed by atoms with Gasteiger partial charge in [0.2, 0.25) is 0 Å². The molecule has 2 rings (SSSR count). The highest BCUT2D eigenvalue weighted by molar-refractivity contribution is 7.99. The molecule has 0 radical (unpaired) electrons. The van der Waals surface area contributed by atoms with Gasteiger partial charge in [0.15, 0.2) is 5.78 Å². The molecule has 3 nitrogen and oxygen atoms in total. The van der Waals surface area contributed by atoms with Gasteiger partial charge in [-0.2, -0.15) is 11.8 Å². The molecule has 0 aliphatic carbocycles. The SMILES string of the molecule is COc1ccc(C(=O)CN2CCCSCC2)cc1Cl. The molecule has 0 amide bonds. The number of hydrogen-bond acceptors (Lipinski definition) is 4. The summed E-state index contributed by atoms with van der Waals surface area (Å²) in [7, 11) is 1.57. The molecule has 0 spiro atoms. The highest BCUT2D eigenvalue weighted by Gasteiger charge is 2.15. The van der Waals surface area contributed by atoms with Gasteiger partial charge in [-0.05, 0) is 36.9 Å². The first-order valence-electron chi connectivity index (χ1n) is 6.37. The van der Waals surface area contributed by atoms with Gasteiger partial charge in [0.05, 0.1) is 18.7 Å². The molecule has 0 saturated carbocycles. The van der Waals surface area contributed by atoms with Gasteiger partial charge in [0.25, 0.3) is 0 Å². The van der Waals surface area contributed by atoms with Gasteiger partial charge in [-0.1, -0.05) is 11.6 Å². The lowest BCUT2D eigenvalue weighted by Gasteiger charge is -2.18. The van der Waals surface area contributed by atoms with Crippen LogP contribution >= 0.6 is 23.4 Å². The molecule has 1 aliphatic rings. The largest absolute Gasteiger partial charge is 0.495 e. The molecule has 1 aromatic rings. The van der Waals surface area contributed by atoms with Crippen LogP contribution in [0.25, 0.3) is 0 Å². The van der Waals surface area contributed by atoms with E-state index in [1.54, 1.807) is 25.3 Å². The number of ketones is 1. The van der Waals surface area contributed by atoms with Crippen LogP contribution in [0.15, 0.2) is 18.2 Å². The molecule has 1 aromatic carbocycles. The van der Waals surface area contributed by atoms with E-state index in [0.717, 1.165) is 25.3 Å². The lowest BCUT2D eigenvalue weighted by Crippen LogP contribution is -2.31. The van der Waals surface area contributed by atoms with Crippen molar-refractivity contribution >= 4 is 29.1 Å². The maximum Gasteiger partial charge on any atom is 0.176 e. The van der Waals surface area contributed by atoms with Gasteiger partial charge in [-0.3, -0.25) is 9.69 Å². The van der Waals surface area contributed by atoms with E-state index in [0.29, 0.717) is 22.9 Å². The lowest BCUT2D eigenvalue weighted by atomic mass is 10.1. The van der Waals surface area contributed by atoms with Gasteiger partial charge in [-0.15, -0.1) is 0 Å². The third kappa shape index (κ3) is 4.13. The van der Waals surface area contributed by atoms with E-state index in [2.05, 4.69) is 4.90 Å². The van der Waals surface area contributed by atoms with Crippen LogP contribution in [-0.4, -0.2) is 48.9 Å². The van der Waals surface area contributed by atoms with Gasteiger partial charge in [-0.25, -0.2) is 0 Å². The fraction of sp³-hybridized carbons (Fsp3) is 0.500. The number of Topliss-reactive ketones (excluding diaryl/α,β-unsaturated/α-hetero) is 1. The van der Waals surface area contributed by atoms with Crippen LogP contribution in [0.5, 0.6) is 5.75 Å². The molecule has 0 unspecified atom stereocenters. The van der Waals surface area contributed by atoms with Crippen molar-refractivity contribution in [3.05, 3.63) is 28.8 Å². The molecule has 0 N–H and O–H groups in total. The Bertz CT molecular complexity index is 445. The van der Waals surface area contributed by atoms with Crippen molar-refractivity contribution in [1.29, 1.82) is 0 Å². The number of hydrogen-bond donors (Lipinski definition) is 0. The first kappa shape index (κ1) is 14.7. The molecule has 19 heavy (non-hydrogen) atoms. The average Bonchev–Trinajstić information content (AvgIpc) is 2.67. The van der Waals surface area contributed by atoms with Crippen molar-refractivity contribution in [3.63, 3.8) is 0 Å². The van der Waals surface area contributed by atoms with Crippen molar-refractivity contribution in [2.45, 2.75) is 6.42 Å². The Morgan fingerprint density at radius 3 is 3.00 bits per heavy atom. The first-order chi connectivity index (χ1) is 9.20. The summed E-state index contributed by atoms with van der Waals surface area (Å²) >= 11 is 8.01. The zero-order valence-electron chi connectivity index (χ0n) is 11.0. The lowest BCUT2D eigenvalue weighted by molar-refractivity contribution is 0.0936. The Kier molecular flexibility index (Phi) is 5.55. The van der Waals surface area contributed by atoms with E-state index in [9.17, 15) is 4.79 Å². The van der Waals surface area contributed by atoms with Crippen LogP contribution in [0.4, 0.5) is 0 Å². The van der Waals surface area contributed by atoms with E-state index in [-0.39, 0.29) is 5.78 Å². The Morgan fingerprint density at radius 1 is 1.42 bits per heavy atom. The van der Waals surface area contributed by atoms with Gasteiger partial charge >= 0.3 is 0 Å². The number of rotatable bonds is 4. The normalized spacial score (nSPS) is 16.9. The van der Waals surface area contributed by atoms with E-state index in [1.165, 1.54) is 5.75 Å². The minimum atomic E-state index is 0.122. The number of ether oxygens (including phenoxy) is 1. The summed E-state index contributed by atoms with van der Waals surface area (Å²) in [5, 5.41) is 0.486. The monoisotopic (exact) mass is 299 g/mol. The van der Waals surface area contributed by atoms with Crippen molar-refractivity contribution in [1.82, 2.24) is 4.90 Å². The van der Waals surface area contributed by atoms with Crippen LogP contribution in [0.1, 0.15) is 16.8 Å². The molecule has 1 fully saturated rings. The second-order valence-corrected chi connectivity index (χ2v) is 6.15. The van der Waals surface area contributed by atoms with Crippen LogP contribution in [0.3, 0.4) is 0 Å². The number of carbonyl (C=O) groups excluding carboxylic acids is 1. The predicted octanol–water partition coefficient (Wildman–Crippen LogP) is 2.97. The van der Waals surface area contributed by atoms with Crippen LogP contribution in [-0.2, 0) is 0 Å². The molecule has 1 heterocycles. The molecular formula is C14H18ClNO2S. The molecule has 0 atom stereocenters. The van der Waals surface area contributed by atoms with Crippen LogP contribution < -0.4 is 4.74 Å². The maximum absolute atomic E-state index is 12.2. The summed E-state index contributed by atoms with van der Waals surface area (Å²) in [6.07, 6.45) is 1.15. The first-order valence-corrected chi connectivity index (χ1v) is 7.91. The number of nitrogens with zero attached hydrogens (tertiary/aromatic N) is 1. The molecule has 104 valence electrons. The van der Waals surface area contributed by atoms with Crippen molar-refractivity contribution < 1.29 is 9.53 Å². The van der Waals surface area contributed by atoms with Gasteiger partial charge < -0.3 is 4.74 Å². The van der Waals surface area contributed by atoms with Crippen LogP contribution in [0.2, 0.25) is 5.02 Å². The summed E-state index contributed by atoms with van der Waals surface area (Å²) in [4.78, 5) is 14.5. The number of benzene rings is 1. The molecule has 5 heteroatoms. The zero-order valence-corrected chi connectivity index (χ0v) is 12.6. The molecule has 0 aromatic heterocycles. The quantitative estimate of drug-likeness (QED) is 0.800. The predicted molar refractivity (Wildman–Crippen MR) is 80.7 cm³/mol. The fourth-order valence-corrected chi connectivity index (χ4v) is 3.27.